The number of likely N-dealkylation sites (N-methyl/N-ethyl adjacent to an activating group) is 2. The van der Waals surface area contributed by atoms with Crippen molar-refractivity contribution >= 4 is 33.9 Å². The Morgan fingerprint density at radius 2 is 1.90 bits per heavy atom. The summed E-state index contributed by atoms with van der Waals surface area (Å²) in [5, 5.41) is 1.00. The lowest BCUT2D eigenvalue weighted by Crippen LogP contribution is -2.29. The van der Waals surface area contributed by atoms with Crippen molar-refractivity contribution in [2.45, 2.75) is 0 Å². The minimum Gasteiger partial charge on any atom is -0.389 e. The monoisotopic (exact) mass is 288 g/mol. The summed E-state index contributed by atoms with van der Waals surface area (Å²) in [5.74, 6) is 0.897. The molecule has 0 saturated heterocycles. The summed E-state index contributed by atoms with van der Waals surface area (Å²) in [6.45, 7) is 1.86. The second-order valence-corrected chi connectivity index (χ2v) is 5.57. The molecule has 106 valence electrons. The number of rotatable bonds is 5. The van der Waals surface area contributed by atoms with Crippen LogP contribution in [0.2, 0.25) is 0 Å². The lowest BCUT2D eigenvalue weighted by Gasteiger charge is -2.21. The van der Waals surface area contributed by atoms with Crippen LogP contribution in [0.5, 0.6) is 0 Å². The Kier molecular flexibility index (Phi) is 4.52. The molecule has 0 aliphatic heterocycles. The largest absolute Gasteiger partial charge is 0.389 e. The Bertz CT molecular complexity index is 624. The highest BCUT2D eigenvalue weighted by molar-refractivity contribution is 7.80. The van der Waals surface area contributed by atoms with Gasteiger partial charge in [-0.3, -0.25) is 0 Å². The lowest BCUT2D eigenvalue weighted by atomic mass is 10.1. The van der Waals surface area contributed by atoms with Gasteiger partial charge in [0, 0.05) is 31.1 Å². The van der Waals surface area contributed by atoms with Crippen LogP contribution in [0.4, 0.5) is 5.82 Å². The predicted octanol–water partition coefficient (Wildman–Crippen LogP) is 1.87. The molecule has 1 heterocycles. The van der Waals surface area contributed by atoms with Crippen molar-refractivity contribution in [3.05, 3.63) is 35.9 Å². The van der Waals surface area contributed by atoms with Crippen LogP contribution >= 0.6 is 12.2 Å². The van der Waals surface area contributed by atoms with E-state index in [1.807, 2.05) is 37.4 Å². The van der Waals surface area contributed by atoms with Gasteiger partial charge < -0.3 is 15.5 Å². The first-order valence-corrected chi connectivity index (χ1v) is 6.95. The minimum absolute atomic E-state index is 0.408. The molecule has 1 aromatic heterocycles. The van der Waals surface area contributed by atoms with Crippen molar-refractivity contribution in [1.29, 1.82) is 0 Å². The third kappa shape index (κ3) is 3.23. The normalized spacial score (nSPS) is 11.0. The van der Waals surface area contributed by atoms with E-state index < -0.39 is 0 Å². The fourth-order valence-electron chi connectivity index (χ4n) is 2.03. The molecule has 0 fully saturated rings. The van der Waals surface area contributed by atoms with Crippen LogP contribution in [0, 0.1) is 0 Å². The van der Waals surface area contributed by atoms with E-state index >= 15 is 0 Å². The number of aromatic nitrogens is 1. The topological polar surface area (TPSA) is 45.4 Å². The van der Waals surface area contributed by atoms with Gasteiger partial charge in [-0.25, -0.2) is 4.98 Å². The highest BCUT2D eigenvalue weighted by Gasteiger charge is 2.10. The van der Waals surface area contributed by atoms with Crippen molar-refractivity contribution in [1.82, 2.24) is 9.88 Å². The SMILES string of the molecule is CN(C)CCN(C)c1cc(C(N)=S)c2ccccc2n1. The number of para-hydroxylation sites is 1. The molecule has 2 aromatic rings. The van der Waals surface area contributed by atoms with Crippen molar-refractivity contribution in [2.24, 2.45) is 5.73 Å². The van der Waals surface area contributed by atoms with Crippen LogP contribution in [0.3, 0.4) is 0 Å². The number of pyridine rings is 1. The third-order valence-electron chi connectivity index (χ3n) is 3.24. The second-order valence-electron chi connectivity index (χ2n) is 5.13. The Balaban J connectivity index is 2.42. The van der Waals surface area contributed by atoms with E-state index in [4.69, 9.17) is 18.0 Å². The molecule has 2 N–H and O–H groups in total. The molecule has 0 atom stereocenters. The fraction of sp³-hybridized carbons (Fsp3) is 0.333. The van der Waals surface area contributed by atoms with Gasteiger partial charge in [-0.05, 0) is 26.2 Å². The van der Waals surface area contributed by atoms with Gasteiger partial charge in [0.05, 0.1) is 5.52 Å². The molecule has 0 aliphatic carbocycles. The van der Waals surface area contributed by atoms with Gasteiger partial charge in [-0.15, -0.1) is 0 Å². The van der Waals surface area contributed by atoms with Crippen molar-refractivity contribution < 1.29 is 0 Å². The maximum atomic E-state index is 5.85. The lowest BCUT2D eigenvalue weighted by molar-refractivity contribution is 0.416. The van der Waals surface area contributed by atoms with Gasteiger partial charge in [-0.2, -0.15) is 0 Å². The molecule has 0 saturated carbocycles. The first-order valence-electron chi connectivity index (χ1n) is 6.54. The second kappa shape index (κ2) is 6.15. The quantitative estimate of drug-likeness (QED) is 0.851. The molecule has 4 nitrogen and oxygen atoms in total. The summed E-state index contributed by atoms with van der Waals surface area (Å²) in [6, 6.07) is 9.91. The summed E-state index contributed by atoms with van der Waals surface area (Å²) in [6.07, 6.45) is 0. The Labute approximate surface area is 125 Å². The summed E-state index contributed by atoms with van der Waals surface area (Å²) >= 11 is 5.17. The van der Waals surface area contributed by atoms with Gasteiger partial charge >= 0.3 is 0 Å². The summed E-state index contributed by atoms with van der Waals surface area (Å²) in [7, 11) is 6.15. The number of nitrogens with two attached hydrogens (primary N) is 1. The Morgan fingerprint density at radius 3 is 2.55 bits per heavy atom. The van der Waals surface area contributed by atoms with E-state index in [0.717, 1.165) is 35.4 Å². The molecule has 1 aromatic carbocycles. The van der Waals surface area contributed by atoms with E-state index in [1.54, 1.807) is 0 Å². The number of hydrogen-bond donors (Lipinski definition) is 1. The zero-order valence-corrected chi connectivity index (χ0v) is 12.9. The maximum Gasteiger partial charge on any atom is 0.129 e. The van der Waals surface area contributed by atoms with Crippen molar-refractivity contribution in [2.75, 3.05) is 39.1 Å². The molecular formula is C15H20N4S. The standard InChI is InChI=1S/C15H20N4S/c1-18(2)8-9-19(3)14-10-12(15(16)20)11-6-4-5-7-13(11)17-14/h4-7,10H,8-9H2,1-3H3,(H2,16,20). The fourth-order valence-corrected chi connectivity index (χ4v) is 2.19. The number of nitrogens with zero attached hydrogens (tertiary/aromatic N) is 3. The van der Waals surface area contributed by atoms with E-state index in [1.165, 1.54) is 0 Å². The Morgan fingerprint density at radius 1 is 1.20 bits per heavy atom. The van der Waals surface area contributed by atoms with E-state index in [2.05, 4.69) is 28.9 Å². The van der Waals surface area contributed by atoms with Gasteiger partial charge in [-0.1, -0.05) is 30.4 Å². The number of hydrogen-bond acceptors (Lipinski definition) is 4. The van der Waals surface area contributed by atoms with Crippen LogP contribution < -0.4 is 10.6 Å². The maximum absolute atomic E-state index is 5.85. The average molecular weight is 288 g/mol. The minimum atomic E-state index is 0.408. The van der Waals surface area contributed by atoms with Crippen LogP contribution in [-0.4, -0.2) is 49.1 Å². The zero-order chi connectivity index (χ0) is 14.7. The first-order chi connectivity index (χ1) is 9.49. The van der Waals surface area contributed by atoms with Crippen LogP contribution in [-0.2, 0) is 0 Å². The molecule has 20 heavy (non-hydrogen) atoms. The van der Waals surface area contributed by atoms with E-state index in [-0.39, 0.29) is 0 Å². The van der Waals surface area contributed by atoms with Gasteiger partial charge in [0.15, 0.2) is 0 Å². The van der Waals surface area contributed by atoms with Gasteiger partial charge in [0.2, 0.25) is 0 Å². The molecule has 0 aliphatic rings. The predicted molar refractivity (Wildman–Crippen MR) is 89.5 cm³/mol. The summed E-state index contributed by atoms with van der Waals surface area (Å²) < 4.78 is 0. The molecule has 5 heteroatoms. The molecule has 2 rings (SSSR count). The van der Waals surface area contributed by atoms with Crippen LogP contribution in [0.15, 0.2) is 30.3 Å². The first kappa shape index (κ1) is 14.7. The number of fused-ring (bicyclic) bond motifs is 1. The average Bonchev–Trinajstić information content (AvgIpc) is 2.43. The highest BCUT2D eigenvalue weighted by atomic mass is 32.1. The van der Waals surface area contributed by atoms with Gasteiger partial charge in [0.1, 0.15) is 10.8 Å². The summed E-state index contributed by atoms with van der Waals surface area (Å²) in [5.41, 5.74) is 7.66. The van der Waals surface area contributed by atoms with Crippen molar-refractivity contribution in [3.63, 3.8) is 0 Å². The van der Waals surface area contributed by atoms with Crippen LogP contribution in [0.25, 0.3) is 10.9 Å². The van der Waals surface area contributed by atoms with E-state index in [0.29, 0.717) is 4.99 Å². The molecular weight excluding hydrogens is 268 g/mol. The Hall–Kier alpha value is -1.72. The van der Waals surface area contributed by atoms with Crippen LogP contribution in [0.1, 0.15) is 5.56 Å². The van der Waals surface area contributed by atoms with Gasteiger partial charge in [0.25, 0.3) is 0 Å². The zero-order valence-electron chi connectivity index (χ0n) is 12.1. The third-order valence-corrected chi connectivity index (χ3v) is 3.46. The molecule has 0 amide bonds. The molecule has 0 unspecified atom stereocenters. The molecule has 0 spiro atoms. The molecule has 0 radical (unpaired) electrons. The molecule has 0 bridgehead atoms. The summed E-state index contributed by atoms with van der Waals surface area (Å²) in [4.78, 5) is 9.36. The highest BCUT2D eigenvalue weighted by Crippen LogP contribution is 2.22. The number of benzene rings is 1. The number of anilines is 1. The number of thiocarbonyl (C=S) groups is 1. The van der Waals surface area contributed by atoms with E-state index in [9.17, 15) is 0 Å². The van der Waals surface area contributed by atoms with Crippen molar-refractivity contribution in [3.8, 4) is 0 Å². The smallest absolute Gasteiger partial charge is 0.129 e.